The van der Waals surface area contributed by atoms with E-state index in [1.807, 2.05) is 6.33 Å². The van der Waals surface area contributed by atoms with Crippen molar-refractivity contribution in [2.45, 2.75) is 83.2 Å². The molecule has 5 nitrogen and oxygen atoms in total. The van der Waals surface area contributed by atoms with Crippen molar-refractivity contribution >= 4 is 5.91 Å². The van der Waals surface area contributed by atoms with Gasteiger partial charge in [-0.25, -0.2) is 0 Å². The van der Waals surface area contributed by atoms with E-state index >= 15 is 0 Å². The number of piperidine rings is 1. The first-order valence-electron chi connectivity index (χ1n) is 9.98. The summed E-state index contributed by atoms with van der Waals surface area (Å²) in [6.07, 6.45) is 15.0. The molecule has 1 atom stereocenters. The number of nitrogens with zero attached hydrogens (tertiary/aromatic N) is 4. The second-order valence-corrected chi connectivity index (χ2v) is 8.07. The second-order valence-electron chi connectivity index (χ2n) is 8.07. The van der Waals surface area contributed by atoms with Gasteiger partial charge in [-0.15, -0.1) is 10.2 Å². The molecular weight excluding hydrogens is 300 g/mol. The minimum Gasteiger partial charge on any atom is -0.332 e. The molecule has 24 heavy (non-hydrogen) atoms. The number of hydrogen-bond donors (Lipinski definition) is 0. The van der Waals surface area contributed by atoms with E-state index in [2.05, 4.69) is 19.7 Å². The average molecular weight is 330 g/mol. The van der Waals surface area contributed by atoms with E-state index in [0.717, 1.165) is 56.4 Å². The molecule has 2 aliphatic carbocycles. The highest BCUT2D eigenvalue weighted by Gasteiger charge is 2.33. The van der Waals surface area contributed by atoms with Crippen LogP contribution < -0.4 is 0 Å². The van der Waals surface area contributed by atoms with E-state index in [9.17, 15) is 4.79 Å². The summed E-state index contributed by atoms with van der Waals surface area (Å²) < 4.78 is 2.21. The van der Waals surface area contributed by atoms with Crippen molar-refractivity contribution in [2.75, 3.05) is 6.54 Å². The molecule has 0 aromatic carbocycles. The molecule has 4 rings (SSSR count). The van der Waals surface area contributed by atoms with Crippen molar-refractivity contribution in [3.63, 3.8) is 0 Å². The van der Waals surface area contributed by atoms with E-state index in [4.69, 9.17) is 0 Å². The van der Waals surface area contributed by atoms with Gasteiger partial charge < -0.3 is 9.47 Å². The van der Waals surface area contributed by atoms with Crippen molar-refractivity contribution < 1.29 is 4.79 Å². The molecule has 2 saturated carbocycles. The van der Waals surface area contributed by atoms with Crippen LogP contribution in [0.3, 0.4) is 0 Å². The van der Waals surface area contributed by atoms with Crippen LogP contribution in [0.5, 0.6) is 0 Å². The van der Waals surface area contributed by atoms with Gasteiger partial charge in [0, 0.05) is 19.5 Å². The van der Waals surface area contributed by atoms with Crippen LogP contribution in [0.2, 0.25) is 0 Å². The molecule has 1 aromatic rings. The van der Waals surface area contributed by atoms with Gasteiger partial charge in [0.15, 0.2) is 5.82 Å². The van der Waals surface area contributed by atoms with Crippen molar-refractivity contribution in [3.05, 3.63) is 12.2 Å². The van der Waals surface area contributed by atoms with Crippen LogP contribution in [0, 0.1) is 11.8 Å². The molecular formula is C19H30N4O. The zero-order valence-electron chi connectivity index (χ0n) is 14.7. The van der Waals surface area contributed by atoms with Crippen molar-refractivity contribution in [1.82, 2.24) is 19.7 Å². The molecule has 0 radical (unpaired) electrons. The fraction of sp³-hybridized carbons (Fsp3) is 0.842. The number of carbonyl (C=O) groups is 1. The quantitative estimate of drug-likeness (QED) is 0.799. The third kappa shape index (κ3) is 3.65. The van der Waals surface area contributed by atoms with Gasteiger partial charge >= 0.3 is 0 Å². The normalized spacial score (nSPS) is 25.3. The first-order valence-corrected chi connectivity index (χ1v) is 9.98. The first kappa shape index (κ1) is 16.1. The summed E-state index contributed by atoms with van der Waals surface area (Å²) in [5.41, 5.74) is 0. The Hall–Kier alpha value is -1.39. The van der Waals surface area contributed by atoms with Crippen LogP contribution in [0.4, 0.5) is 0 Å². The zero-order chi connectivity index (χ0) is 16.4. The van der Waals surface area contributed by atoms with Crippen LogP contribution in [0.25, 0.3) is 0 Å². The summed E-state index contributed by atoms with van der Waals surface area (Å²) in [5, 5.41) is 8.57. The number of rotatable bonds is 6. The molecule has 3 aliphatic rings. The minimum absolute atomic E-state index is 0.149. The molecule has 5 heteroatoms. The van der Waals surface area contributed by atoms with Gasteiger partial charge in [0.2, 0.25) is 5.91 Å². The van der Waals surface area contributed by atoms with Gasteiger partial charge in [0.25, 0.3) is 0 Å². The maximum atomic E-state index is 12.9. The fourth-order valence-corrected chi connectivity index (χ4v) is 4.51. The Morgan fingerprint density at radius 2 is 1.83 bits per heavy atom. The van der Waals surface area contributed by atoms with Gasteiger partial charge in [0.1, 0.15) is 6.33 Å². The molecule has 0 bridgehead atoms. The Kier molecular flexibility index (Phi) is 4.86. The topological polar surface area (TPSA) is 51.0 Å². The van der Waals surface area contributed by atoms with E-state index in [1.165, 1.54) is 44.9 Å². The highest BCUT2D eigenvalue weighted by atomic mass is 16.2. The van der Waals surface area contributed by atoms with Crippen LogP contribution in [0.15, 0.2) is 6.33 Å². The fourth-order valence-electron chi connectivity index (χ4n) is 4.51. The molecule has 1 aliphatic heterocycles. The predicted octanol–water partition coefficient (Wildman–Crippen LogP) is 3.71. The van der Waals surface area contributed by atoms with Gasteiger partial charge in [-0.05, 0) is 50.4 Å². The van der Waals surface area contributed by atoms with Crippen LogP contribution in [0.1, 0.15) is 82.5 Å². The summed E-state index contributed by atoms with van der Waals surface area (Å²) in [5.74, 6) is 2.95. The van der Waals surface area contributed by atoms with Crippen LogP contribution >= 0.6 is 0 Å². The molecule has 3 fully saturated rings. The number of carbonyl (C=O) groups excluding carboxylic acids is 1. The lowest BCUT2D eigenvalue weighted by Gasteiger charge is -2.35. The lowest BCUT2D eigenvalue weighted by molar-refractivity contribution is -0.135. The Morgan fingerprint density at radius 3 is 2.62 bits per heavy atom. The van der Waals surface area contributed by atoms with Crippen LogP contribution in [-0.4, -0.2) is 32.1 Å². The van der Waals surface area contributed by atoms with E-state index < -0.39 is 0 Å². The Bertz CT molecular complexity index is 559. The van der Waals surface area contributed by atoms with Gasteiger partial charge in [-0.3, -0.25) is 4.79 Å². The Labute approximate surface area is 144 Å². The van der Waals surface area contributed by atoms with Crippen LogP contribution in [-0.2, 0) is 11.3 Å². The molecule has 1 aromatic heterocycles. The summed E-state index contributed by atoms with van der Waals surface area (Å²) in [4.78, 5) is 15.0. The third-order valence-electron chi connectivity index (χ3n) is 6.16. The lowest BCUT2D eigenvalue weighted by Crippen LogP contribution is -2.39. The number of aromatic nitrogens is 3. The third-order valence-corrected chi connectivity index (χ3v) is 6.16. The molecule has 1 saturated heterocycles. The molecule has 2 heterocycles. The summed E-state index contributed by atoms with van der Waals surface area (Å²) in [7, 11) is 0. The van der Waals surface area contributed by atoms with Gasteiger partial charge in [-0.2, -0.15) is 0 Å². The first-order chi connectivity index (χ1) is 11.8. The summed E-state index contributed by atoms with van der Waals surface area (Å²) in [6.45, 7) is 1.92. The number of amides is 1. The smallest absolute Gasteiger partial charge is 0.223 e. The highest BCUT2D eigenvalue weighted by molar-refractivity contribution is 5.76. The standard InChI is InChI=1S/C19H30N4O/c24-18(11-10-15-5-1-2-6-15)23-12-4-3-7-17(23)19-21-20-14-22(19)13-16-8-9-16/h14-17H,1-13H2. The van der Waals surface area contributed by atoms with Gasteiger partial charge in [0.05, 0.1) is 6.04 Å². The zero-order valence-corrected chi connectivity index (χ0v) is 14.7. The van der Waals surface area contributed by atoms with Gasteiger partial charge in [-0.1, -0.05) is 25.7 Å². The summed E-state index contributed by atoms with van der Waals surface area (Å²) >= 11 is 0. The molecule has 1 amide bonds. The number of hydrogen-bond acceptors (Lipinski definition) is 3. The van der Waals surface area contributed by atoms with Crippen molar-refractivity contribution in [3.8, 4) is 0 Å². The molecule has 0 spiro atoms. The highest BCUT2D eigenvalue weighted by Crippen LogP contribution is 2.35. The summed E-state index contributed by atoms with van der Waals surface area (Å²) in [6, 6.07) is 0.149. The lowest BCUT2D eigenvalue weighted by atomic mass is 9.98. The van der Waals surface area contributed by atoms with E-state index in [-0.39, 0.29) is 6.04 Å². The average Bonchev–Trinajstić information content (AvgIpc) is 3.09. The van der Waals surface area contributed by atoms with Crippen molar-refractivity contribution in [2.24, 2.45) is 11.8 Å². The largest absolute Gasteiger partial charge is 0.332 e. The SMILES string of the molecule is O=C(CCC1CCCC1)N1CCCCC1c1nncn1CC1CC1. The molecule has 1 unspecified atom stereocenters. The minimum atomic E-state index is 0.149. The van der Waals surface area contributed by atoms with Crippen molar-refractivity contribution in [1.29, 1.82) is 0 Å². The predicted molar refractivity (Wildman–Crippen MR) is 92.2 cm³/mol. The second kappa shape index (κ2) is 7.24. The van der Waals surface area contributed by atoms with E-state index in [0.29, 0.717) is 5.91 Å². The van der Waals surface area contributed by atoms with E-state index in [1.54, 1.807) is 0 Å². The maximum Gasteiger partial charge on any atom is 0.223 e. The molecule has 132 valence electrons. The number of likely N-dealkylation sites (tertiary alicyclic amines) is 1. The monoisotopic (exact) mass is 330 g/mol. The Morgan fingerprint density at radius 1 is 1.04 bits per heavy atom. The maximum absolute atomic E-state index is 12.9. The Balaban J connectivity index is 1.42. The molecule has 0 N–H and O–H groups in total.